The Bertz CT molecular complexity index is 911. The van der Waals surface area contributed by atoms with Crippen LogP contribution in [-0.4, -0.2) is 33.8 Å². The fourth-order valence-electron chi connectivity index (χ4n) is 2.21. The summed E-state index contributed by atoms with van der Waals surface area (Å²) in [7, 11) is -3.40. The highest BCUT2D eigenvalue weighted by Crippen LogP contribution is 2.31. The molecular formula is C16H14ClNO5S. The van der Waals surface area contributed by atoms with Crippen LogP contribution in [0.4, 0.5) is 5.69 Å². The van der Waals surface area contributed by atoms with Gasteiger partial charge in [-0.2, -0.15) is 0 Å². The van der Waals surface area contributed by atoms with E-state index in [4.69, 9.17) is 21.1 Å². The third-order valence-corrected chi connectivity index (χ3v) is 4.86. The number of benzene rings is 2. The maximum Gasteiger partial charge on any atom is 0.255 e. The van der Waals surface area contributed by atoms with Gasteiger partial charge in [-0.05, 0) is 36.4 Å². The molecule has 1 aliphatic rings. The van der Waals surface area contributed by atoms with Crippen molar-refractivity contribution < 1.29 is 22.7 Å². The lowest BCUT2D eigenvalue weighted by atomic mass is 10.1. The number of amides is 1. The molecule has 6 nitrogen and oxygen atoms in total. The van der Waals surface area contributed by atoms with E-state index in [0.29, 0.717) is 30.3 Å². The number of rotatable bonds is 3. The number of halogens is 1. The van der Waals surface area contributed by atoms with Crippen molar-refractivity contribution in [3.05, 3.63) is 47.0 Å². The number of nitrogens with one attached hydrogen (secondary N) is 1. The molecule has 1 N–H and O–H groups in total. The molecule has 1 amide bonds. The molecule has 0 aliphatic carbocycles. The number of ether oxygens (including phenoxy) is 2. The van der Waals surface area contributed by atoms with E-state index in [-0.39, 0.29) is 15.6 Å². The molecule has 0 fully saturated rings. The van der Waals surface area contributed by atoms with Gasteiger partial charge in [-0.1, -0.05) is 11.6 Å². The predicted molar refractivity (Wildman–Crippen MR) is 89.9 cm³/mol. The first-order valence-corrected chi connectivity index (χ1v) is 9.32. The van der Waals surface area contributed by atoms with E-state index in [1.165, 1.54) is 18.2 Å². The quantitative estimate of drug-likeness (QED) is 0.902. The molecule has 126 valence electrons. The van der Waals surface area contributed by atoms with Gasteiger partial charge in [0.25, 0.3) is 5.91 Å². The predicted octanol–water partition coefficient (Wildman–Crippen LogP) is 2.77. The van der Waals surface area contributed by atoms with E-state index in [9.17, 15) is 13.2 Å². The lowest BCUT2D eigenvalue weighted by Gasteiger charge is -2.18. The summed E-state index contributed by atoms with van der Waals surface area (Å²) in [5.41, 5.74) is 0.569. The Hall–Kier alpha value is -2.25. The van der Waals surface area contributed by atoms with Crippen LogP contribution in [0, 0.1) is 0 Å². The van der Waals surface area contributed by atoms with Gasteiger partial charge in [-0.15, -0.1) is 0 Å². The number of fused-ring (bicyclic) bond motifs is 1. The molecule has 0 saturated heterocycles. The van der Waals surface area contributed by atoms with Crippen molar-refractivity contribution in [2.45, 2.75) is 4.90 Å². The maximum atomic E-state index is 12.4. The molecule has 0 saturated carbocycles. The first kappa shape index (κ1) is 16.6. The van der Waals surface area contributed by atoms with Crippen LogP contribution < -0.4 is 14.8 Å². The SMILES string of the molecule is CS(=O)(=O)c1ccc(Cl)c(NC(=O)c2ccc3c(c2)OCCO3)c1. The molecule has 2 aromatic carbocycles. The second-order valence-corrected chi connectivity index (χ2v) is 7.65. The van der Waals surface area contributed by atoms with E-state index >= 15 is 0 Å². The Morgan fingerprint density at radius 3 is 2.50 bits per heavy atom. The average Bonchev–Trinajstić information content (AvgIpc) is 2.55. The van der Waals surface area contributed by atoms with Crippen LogP contribution in [0.1, 0.15) is 10.4 Å². The monoisotopic (exact) mass is 367 g/mol. The van der Waals surface area contributed by atoms with E-state index in [1.54, 1.807) is 18.2 Å². The Morgan fingerprint density at radius 2 is 1.79 bits per heavy atom. The molecule has 0 unspecified atom stereocenters. The molecule has 0 bridgehead atoms. The molecule has 8 heteroatoms. The van der Waals surface area contributed by atoms with Crippen molar-refractivity contribution in [2.75, 3.05) is 24.8 Å². The van der Waals surface area contributed by atoms with Gasteiger partial charge < -0.3 is 14.8 Å². The molecular weight excluding hydrogens is 354 g/mol. The second-order valence-electron chi connectivity index (χ2n) is 5.23. The summed E-state index contributed by atoms with van der Waals surface area (Å²) in [4.78, 5) is 12.5. The smallest absolute Gasteiger partial charge is 0.255 e. The van der Waals surface area contributed by atoms with Crippen molar-refractivity contribution in [1.29, 1.82) is 0 Å². The number of carbonyl (C=O) groups excluding carboxylic acids is 1. The Morgan fingerprint density at radius 1 is 1.08 bits per heavy atom. The van der Waals surface area contributed by atoms with Gasteiger partial charge in [-0.25, -0.2) is 8.42 Å². The Labute approximate surface area is 144 Å². The summed E-state index contributed by atoms with van der Waals surface area (Å²) in [6, 6.07) is 8.95. The van der Waals surface area contributed by atoms with Crippen LogP contribution in [0.5, 0.6) is 11.5 Å². The topological polar surface area (TPSA) is 81.7 Å². The normalized spacial score (nSPS) is 13.4. The van der Waals surface area contributed by atoms with Crippen LogP contribution in [0.25, 0.3) is 0 Å². The van der Waals surface area contributed by atoms with Crippen molar-refractivity contribution in [3.63, 3.8) is 0 Å². The van der Waals surface area contributed by atoms with E-state index in [1.807, 2.05) is 0 Å². The average molecular weight is 368 g/mol. The highest BCUT2D eigenvalue weighted by atomic mass is 35.5. The molecule has 1 aliphatic heterocycles. The molecule has 2 aromatic rings. The van der Waals surface area contributed by atoms with Crippen molar-refractivity contribution in [2.24, 2.45) is 0 Å². The minimum atomic E-state index is -3.40. The molecule has 1 heterocycles. The van der Waals surface area contributed by atoms with Crippen LogP contribution >= 0.6 is 11.6 Å². The summed E-state index contributed by atoms with van der Waals surface area (Å²) in [6.45, 7) is 0.882. The van der Waals surface area contributed by atoms with Crippen LogP contribution in [0.3, 0.4) is 0 Å². The Kier molecular flexibility index (Phi) is 4.38. The number of carbonyl (C=O) groups is 1. The largest absolute Gasteiger partial charge is 0.486 e. The highest BCUT2D eigenvalue weighted by molar-refractivity contribution is 7.90. The maximum absolute atomic E-state index is 12.4. The van der Waals surface area contributed by atoms with Crippen molar-refractivity contribution in [3.8, 4) is 11.5 Å². The second kappa shape index (κ2) is 6.33. The van der Waals surface area contributed by atoms with Gasteiger partial charge in [0, 0.05) is 11.8 Å². The minimum Gasteiger partial charge on any atom is -0.486 e. The van der Waals surface area contributed by atoms with Crippen molar-refractivity contribution >= 4 is 33.0 Å². The molecule has 0 spiro atoms. The molecule has 0 atom stereocenters. The third-order valence-electron chi connectivity index (χ3n) is 3.42. The van der Waals surface area contributed by atoms with Crippen LogP contribution in [0.2, 0.25) is 5.02 Å². The van der Waals surface area contributed by atoms with E-state index in [0.717, 1.165) is 6.26 Å². The lowest BCUT2D eigenvalue weighted by molar-refractivity contribution is 0.102. The molecule has 3 rings (SSSR count). The summed E-state index contributed by atoms with van der Waals surface area (Å²) in [6.07, 6.45) is 1.09. The van der Waals surface area contributed by atoms with E-state index in [2.05, 4.69) is 5.32 Å². The van der Waals surface area contributed by atoms with Gasteiger partial charge in [0.15, 0.2) is 21.3 Å². The van der Waals surface area contributed by atoms with Crippen LogP contribution in [-0.2, 0) is 9.84 Å². The van der Waals surface area contributed by atoms with Gasteiger partial charge in [0.2, 0.25) is 0 Å². The summed E-state index contributed by atoms with van der Waals surface area (Å²) >= 11 is 6.04. The molecule has 0 radical (unpaired) electrons. The van der Waals surface area contributed by atoms with Crippen LogP contribution in [0.15, 0.2) is 41.3 Å². The minimum absolute atomic E-state index is 0.0735. The van der Waals surface area contributed by atoms with Crippen molar-refractivity contribution in [1.82, 2.24) is 0 Å². The Balaban J connectivity index is 1.87. The summed E-state index contributed by atoms with van der Waals surface area (Å²) in [5, 5.41) is 2.86. The number of hydrogen-bond donors (Lipinski definition) is 1. The summed E-state index contributed by atoms with van der Waals surface area (Å²) < 4.78 is 34.1. The third kappa shape index (κ3) is 3.47. The fourth-order valence-corrected chi connectivity index (χ4v) is 3.02. The zero-order valence-electron chi connectivity index (χ0n) is 12.7. The highest BCUT2D eigenvalue weighted by Gasteiger charge is 2.17. The van der Waals surface area contributed by atoms with Gasteiger partial charge in [0.1, 0.15) is 13.2 Å². The standard InChI is InChI=1S/C16H14ClNO5S/c1-24(20,21)11-3-4-12(17)13(9-11)18-16(19)10-2-5-14-15(8-10)23-7-6-22-14/h2-5,8-9H,6-7H2,1H3,(H,18,19). The van der Waals surface area contributed by atoms with Gasteiger partial charge >= 0.3 is 0 Å². The lowest BCUT2D eigenvalue weighted by Crippen LogP contribution is -2.17. The van der Waals surface area contributed by atoms with E-state index < -0.39 is 15.7 Å². The molecule has 24 heavy (non-hydrogen) atoms. The first-order valence-electron chi connectivity index (χ1n) is 7.05. The zero-order chi connectivity index (χ0) is 17.3. The van der Waals surface area contributed by atoms with Gasteiger partial charge in [0.05, 0.1) is 15.6 Å². The number of sulfone groups is 1. The summed E-state index contributed by atoms with van der Waals surface area (Å²) in [5.74, 6) is 0.638. The van der Waals surface area contributed by atoms with Gasteiger partial charge in [-0.3, -0.25) is 4.79 Å². The molecule has 0 aromatic heterocycles. The zero-order valence-corrected chi connectivity index (χ0v) is 14.3. The number of anilines is 1. The number of hydrogen-bond acceptors (Lipinski definition) is 5. The first-order chi connectivity index (χ1) is 11.3. The fraction of sp³-hybridized carbons (Fsp3) is 0.188.